The molecule has 1 amide bonds. The summed E-state index contributed by atoms with van der Waals surface area (Å²) >= 11 is 0. The fourth-order valence-corrected chi connectivity index (χ4v) is 2.70. The normalized spacial score (nSPS) is 15.9. The van der Waals surface area contributed by atoms with Gasteiger partial charge in [-0.25, -0.2) is 14.4 Å². The molecule has 0 atom stereocenters. The standard InChI is InChI=1S/C15H14F4N4O/c1-9(24)22-5-7-23(8-6-22)13-10-3-2-4-11(16)12(10)20-14(21-13)15(17,18)19/h2-4H,5-8H2,1H3. The molecular formula is C15H14F4N4O. The molecule has 1 saturated heterocycles. The van der Waals surface area contributed by atoms with Gasteiger partial charge in [0.2, 0.25) is 11.7 Å². The van der Waals surface area contributed by atoms with Crippen molar-refractivity contribution in [3.63, 3.8) is 0 Å². The van der Waals surface area contributed by atoms with Crippen LogP contribution < -0.4 is 4.90 Å². The minimum atomic E-state index is -4.77. The first-order chi connectivity index (χ1) is 11.3. The highest BCUT2D eigenvalue weighted by molar-refractivity contribution is 5.90. The number of aromatic nitrogens is 2. The number of fused-ring (bicyclic) bond motifs is 1. The van der Waals surface area contributed by atoms with E-state index in [9.17, 15) is 22.4 Å². The number of benzene rings is 1. The molecule has 0 radical (unpaired) electrons. The monoisotopic (exact) mass is 342 g/mol. The van der Waals surface area contributed by atoms with Gasteiger partial charge in [0.05, 0.1) is 0 Å². The van der Waals surface area contributed by atoms with Crippen molar-refractivity contribution in [2.24, 2.45) is 0 Å². The maximum Gasteiger partial charge on any atom is 0.451 e. The highest BCUT2D eigenvalue weighted by atomic mass is 19.4. The third-order valence-electron chi connectivity index (χ3n) is 3.94. The van der Waals surface area contributed by atoms with Crippen LogP contribution in [0.1, 0.15) is 12.7 Å². The predicted octanol–water partition coefficient (Wildman–Crippen LogP) is 2.46. The number of anilines is 1. The minimum Gasteiger partial charge on any atom is -0.352 e. The first-order valence-electron chi connectivity index (χ1n) is 7.31. The molecule has 0 spiro atoms. The van der Waals surface area contributed by atoms with E-state index in [4.69, 9.17) is 0 Å². The van der Waals surface area contributed by atoms with Gasteiger partial charge in [-0.15, -0.1) is 0 Å². The third kappa shape index (κ3) is 2.98. The Labute approximate surface area is 134 Å². The van der Waals surface area contributed by atoms with Crippen LogP contribution in [-0.2, 0) is 11.0 Å². The van der Waals surface area contributed by atoms with E-state index in [0.29, 0.717) is 26.2 Å². The first-order valence-corrected chi connectivity index (χ1v) is 7.31. The second kappa shape index (κ2) is 5.88. The van der Waals surface area contributed by atoms with Gasteiger partial charge in [0.1, 0.15) is 17.2 Å². The van der Waals surface area contributed by atoms with Crippen molar-refractivity contribution < 1.29 is 22.4 Å². The number of para-hydroxylation sites is 1. The quantitative estimate of drug-likeness (QED) is 0.747. The largest absolute Gasteiger partial charge is 0.451 e. The van der Waals surface area contributed by atoms with E-state index in [2.05, 4.69) is 9.97 Å². The molecule has 0 bridgehead atoms. The Morgan fingerprint density at radius 2 is 1.79 bits per heavy atom. The molecule has 1 aliphatic heterocycles. The Bertz CT molecular complexity index is 785. The Morgan fingerprint density at radius 1 is 1.12 bits per heavy atom. The second-order valence-corrected chi connectivity index (χ2v) is 5.50. The number of carbonyl (C=O) groups excluding carboxylic acids is 1. The van der Waals surface area contributed by atoms with Crippen molar-refractivity contribution >= 4 is 22.6 Å². The molecule has 2 heterocycles. The van der Waals surface area contributed by atoms with Crippen LogP contribution in [-0.4, -0.2) is 47.0 Å². The fraction of sp³-hybridized carbons (Fsp3) is 0.400. The second-order valence-electron chi connectivity index (χ2n) is 5.50. The molecule has 1 aliphatic rings. The molecule has 2 aromatic rings. The number of nitrogens with zero attached hydrogens (tertiary/aromatic N) is 4. The molecule has 1 aromatic carbocycles. The van der Waals surface area contributed by atoms with E-state index >= 15 is 0 Å². The zero-order chi connectivity index (χ0) is 17.5. The smallest absolute Gasteiger partial charge is 0.352 e. The zero-order valence-corrected chi connectivity index (χ0v) is 12.8. The van der Waals surface area contributed by atoms with Crippen LogP contribution in [0.2, 0.25) is 0 Å². The van der Waals surface area contributed by atoms with Gasteiger partial charge in [-0.05, 0) is 12.1 Å². The first kappa shape index (κ1) is 16.4. The maximum absolute atomic E-state index is 13.9. The summed E-state index contributed by atoms with van der Waals surface area (Å²) in [7, 11) is 0. The summed E-state index contributed by atoms with van der Waals surface area (Å²) in [6.07, 6.45) is -4.77. The van der Waals surface area contributed by atoms with E-state index < -0.39 is 17.8 Å². The molecule has 5 nitrogen and oxygen atoms in total. The minimum absolute atomic E-state index is 0.0371. The van der Waals surface area contributed by atoms with E-state index in [0.717, 1.165) is 6.07 Å². The van der Waals surface area contributed by atoms with Crippen LogP contribution in [0.3, 0.4) is 0 Å². The van der Waals surface area contributed by atoms with Crippen LogP contribution in [0.15, 0.2) is 18.2 Å². The lowest BCUT2D eigenvalue weighted by Crippen LogP contribution is -2.48. The molecule has 0 saturated carbocycles. The van der Waals surface area contributed by atoms with E-state index in [1.165, 1.54) is 19.1 Å². The van der Waals surface area contributed by atoms with E-state index in [-0.39, 0.29) is 22.6 Å². The number of alkyl halides is 3. The topological polar surface area (TPSA) is 49.3 Å². The molecule has 3 rings (SSSR count). The van der Waals surface area contributed by atoms with Crippen molar-refractivity contribution in [3.8, 4) is 0 Å². The average Bonchev–Trinajstić information content (AvgIpc) is 2.53. The van der Waals surface area contributed by atoms with Gasteiger partial charge < -0.3 is 9.80 Å². The van der Waals surface area contributed by atoms with Crippen molar-refractivity contribution in [2.75, 3.05) is 31.1 Å². The van der Waals surface area contributed by atoms with Gasteiger partial charge in [0.25, 0.3) is 0 Å². The summed E-state index contributed by atoms with van der Waals surface area (Å²) in [4.78, 5) is 21.6. The summed E-state index contributed by atoms with van der Waals surface area (Å²) in [6, 6.07) is 3.96. The number of hydrogen-bond donors (Lipinski definition) is 0. The lowest BCUT2D eigenvalue weighted by molar-refractivity contribution is -0.144. The van der Waals surface area contributed by atoms with Gasteiger partial charge in [0, 0.05) is 38.5 Å². The number of halogens is 4. The van der Waals surface area contributed by atoms with Crippen LogP contribution in [0, 0.1) is 5.82 Å². The molecule has 0 aliphatic carbocycles. The summed E-state index contributed by atoms with van der Waals surface area (Å²) in [6.45, 7) is 2.82. The zero-order valence-electron chi connectivity index (χ0n) is 12.8. The van der Waals surface area contributed by atoms with Crippen LogP contribution in [0.5, 0.6) is 0 Å². The Balaban J connectivity index is 2.07. The number of carbonyl (C=O) groups is 1. The van der Waals surface area contributed by atoms with Crippen LogP contribution in [0.4, 0.5) is 23.4 Å². The molecule has 1 fully saturated rings. The van der Waals surface area contributed by atoms with Gasteiger partial charge in [0.15, 0.2) is 0 Å². The highest BCUT2D eigenvalue weighted by Crippen LogP contribution is 2.32. The summed E-state index contributed by atoms with van der Waals surface area (Å²) in [5, 5.41) is 0.222. The van der Waals surface area contributed by atoms with Crippen molar-refractivity contribution in [1.29, 1.82) is 0 Å². The molecule has 1 aromatic heterocycles. The van der Waals surface area contributed by atoms with E-state index in [1.54, 1.807) is 9.80 Å². The molecule has 0 N–H and O–H groups in total. The fourth-order valence-electron chi connectivity index (χ4n) is 2.70. The number of rotatable bonds is 1. The average molecular weight is 342 g/mol. The molecule has 128 valence electrons. The van der Waals surface area contributed by atoms with Crippen LogP contribution in [0.25, 0.3) is 10.9 Å². The number of piperazine rings is 1. The molecule has 9 heteroatoms. The molecule has 24 heavy (non-hydrogen) atoms. The third-order valence-corrected chi connectivity index (χ3v) is 3.94. The lowest BCUT2D eigenvalue weighted by Gasteiger charge is -2.35. The predicted molar refractivity (Wildman–Crippen MR) is 79.0 cm³/mol. The van der Waals surface area contributed by atoms with Gasteiger partial charge in [-0.3, -0.25) is 4.79 Å². The van der Waals surface area contributed by atoms with Crippen molar-refractivity contribution in [1.82, 2.24) is 14.9 Å². The van der Waals surface area contributed by atoms with E-state index in [1.807, 2.05) is 0 Å². The Kier molecular flexibility index (Phi) is 4.02. The Morgan fingerprint density at radius 3 is 2.38 bits per heavy atom. The van der Waals surface area contributed by atoms with Crippen LogP contribution >= 0.6 is 0 Å². The van der Waals surface area contributed by atoms with Crippen molar-refractivity contribution in [3.05, 3.63) is 29.8 Å². The maximum atomic E-state index is 13.9. The summed E-state index contributed by atoms with van der Waals surface area (Å²) in [5.41, 5.74) is -0.358. The Hall–Kier alpha value is -2.45. The van der Waals surface area contributed by atoms with Crippen molar-refractivity contribution in [2.45, 2.75) is 13.1 Å². The summed E-state index contributed by atoms with van der Waals surface area (Å²) < 4.78 is 53.1. The molecule has 0 unspecified atom stereocenters. The SMILES string of the molecule is CC(=O)N1CCN(c2nc(C(F)(F)F)nc3c(F)cccc23)CC1. The molecular weight excluding hydrogens is 328 g/mol. The number of amides is 1. The van der Waals surface area contributed by atoms with Gasteiger partial charge in [-0.2, -0.15) is 13.2 Å². The highest BCUT2D eigenvalue weighted by Gasteiger charge is 2.36. The van der Waals surface area contributed by atoms with Gasteiger partial charge >= 0.3 is 6.18 Å². The summed E-state index contributed by atoms with van der Waals surface area (Å²) in [5.74, 6) is -2.26. The van der Waals surface area contributed by atoms with Gasteiger partial charge in [-0.1, -0.05) is 6.07 Å². The number of hydrogen-bond acceptors (Lipinski definition) is 4. The lowest BCUT2D eigenvalue weighted by atomic mass is 10.2.